The van der Waals surface area contributed by atoms with Crippen molar-refractivity contribution < 1.29 is 42.2 Å². The highest BCUT2D eigenvalue weighted by Gasteiger charge is 2.44. The third-order valence-corrected chi connectivity index (χ3v) is 7.25. The monoisotopic (exact) mass is 602 g/mol. The van der Waals surface area contributed by atoms with Crippen LogP contribution in [0.1, 0.15) is 47.8 Å². The second kappa shape index (κ2) is 11.6. The molecule has 2 atom stereocenters. The van der Waals surface area contributed by atoms with E-state index in [0.717, 1.165) is 19.2 Å². The number of benzene rings is 1. The maximum atomic E-state index is 15.2. The molecule has 218 valence electrons. The highest BCUT2D eigenvalue weighted by Crippen LogP contribution is 2.40. The molecular weight excluding hydrogens is 582 g/mol. The van der Waals surface area contributed by atoms with E-state index in [-0.39, 0.29) is 33.8 Å². The van der Waals surface area contributed by atoms with E-state index in [0.29, 0.717) is 12.0 Å². The number of rotatable bonds is 8. The van der Waals surface area contributed by atoms with Crippen molar-refractivity contribution in [2.75, 3.05) is 6.61 Å². The van der Waals surface area contributed by atoms with Crippen LogP contribution in [0.3, 0.4) is 0 Å². The fraction of sp³-hybridized carbons (Fsp3) is 0.308. The number of nitrogens with zero attached hydrogens (tertiary/aromatic N) is 6. The number of tetrazole rings is 1. The molecule has 4 heterocycles. The van der Waals surface area contributed by atoms with Gasteiger partial charge >= 0.3 is 11.9 Å². The molecule has 5 rings (SSSR count). The molecule has 0 aliphatic carbocycles. The van der Waals surface area contributed by atoms with Crippen molar-refractivity contribution in [2.45, 2.75) is 44.9 Å². The second-order valence-corrected chi connectivity index (χ2v) is 9.91. The lowest BCUT2D eigenvalue weighted by Gasteiger charge is -2.33. The molecule has 2 aliphatic heterocycles. The van der Waals surface area contributed by atoms with Crippen LogP contribution in [0.15, 0.2) is 36.8 Å². The summed E-state index contributed by atoms with van der Waals surface area (Å²) in [5.74, 6) is -5.12. The summed E-state index contributed by atoms with van der Waals surface area (Å²) >= 11 is 6.03. The second-order valence-electron chi connectivity index (χ2n) is 9.50. The fourth-order valence-electron chi connectivity index (χ4n) is 5.05. The van der Waals surface area contributed by atoms with E-state index >= 15 is 4.39 Å². The molecule has 1 amide bonds. The van der Waals surface area contributed by atoms with Crippen LogP contribution < -0.4 is 4.73 Å². The van der Waals surface area contributed by atoms with Crippen molar-refractivity contribution in [1.29, 1.82) is 0 Å². The van der Waals surface area contributed by atoms with E-state index in [9.17, 15) is 28.8 Å². The molecule has 0 saturated carbocycles. The van der Waals surface area contributed by atoms with Gasteiger partial charge in [0.15, 0.2) is 25.2 Å². The number of hydrogen-bond donors (Lipinski definition) is 0. The van der Waals surface area contributed by atoms with Gasteiger partial charge < -0.3 is 19.6 Å². The lowest BCUT2D eigenvalue weighted by atomic mass is 9.92. The van der Waals surface area contributed by atoms with Crippen LogP contribution in [0.2, 0.25) is 5.02 Å². The van der Waals surface area contributed by atoms with Crippen LogP contribution in [-0.2, 0) is 30.5 Å². The van der Waals surface area contributed by atoms with Gasteiger partial charge in [-0.05, 0) is 47.4 Å². The number of pyridine rings is 1. The fourth-order valence-corrected chi connectivity index (χ4v) is 5.21. The van der Waals surface area contributed by atoms with E-state index in [1.807, 2.05) is 0 Å². The van der Waals surface area contributed by atoms with Gasteiger partial charge in [-0.1, -0.05) is 11.6 Å². The topological polar surface area (TPSA) is 161 Å². The van der Waals surface area contributed by atoms with Crippen molar-refractivity contribution in [1.82, 2.24) is 25.1 Å². The van der Waals surface area contributed by atoms with Crippen molar-refractivity contribution in [3.8, 4) is 5.69 Å². The van der Waals surface area contributed by atoms with E-state index in [4.69, 9.17) is 16.3 Å². The predicted molar refractivity (Wildman–Crippen MR) is 136 cm³/mol. The maximum Gasteiger partial charge on any atom is 0.329 e. The molecular formula is C26H21ClF2N6O7. The number of Topliss-reactive ketones (excluding diaryl/α,β-unsaturated/α-hetero) is 1. The number of ketones is 1. The molecule has 2 aromatic heterocycles. The average molecular weight is 603 g/mol. The third-order valence-electron chi connectivity index (χ3n) is 6.96. The number of carbonyl (C=O) groups is 4. The highest BCUT2D eigenvalue weighted by atomic mass is 35.5. The first-order valence-corrected chi connectivity index (χ1v) is 12.9. The van der Waals surface area contributed by atoms with Crippen LogP contribution in [0.4, 0.5) is 8.78 Å². The number of carbonyl (C=O) groups excluding carboxylic acids is 4. The Labute approximate surface area is 240 Å². The zero-order valence-corrected chi connectivity index (χ0v) is 22.6. The molecule has 13 nitrogen and oxygen atoms in total. The molecule has 42 heavy (non-hydrogen) atoms. The first-order valence-electron chi connectivity index (χ1n) is 12.5. The third kappa shape index (κ3) is 5.42. The number of halogens is 3. The smallest absolute Gasteiger partial charge is 0.329 e. The number of hydrogen-bond acceptors (Lipinski definition) is 10. The van der Waals surface area contributed by atoms with E-state index in [2.05, 4.69) is 20.3 Å². The first kappa shape index (κ1) is 28.7. The number of esters is 2. The molecule has 2 aliphatic rings. The Balaban J connectivity index is 1.30. The largest absolute Gasteiger partial charge is 0.618 e. The summed E-state index contributed by atoms with van der Waals surface area (Å²) in [7, 11) is 0. The Hall–Kier alpha value is -4.79. The Kier molecular flexibility index (Phi) is 7.93. The summed E-state index contributed by atoms with van der Waals surface area (Å²) in [4.78, 5) is 51.1. The van der Waals surface area contributed by atoms with Crippen LogP contribution in [-0.4, -0.2) is 67.4 Å². The summed E-state index contributed by atoms with van der Waals surface area (Å²) < 4.78 is 41.2. The number of amides is 1. The van der Waals surface area contributed by atoms with Crippen LogP contribution >= 0.6 is 11.6 Å². The van der Waals surface area contributed by atoms with Gasteiger partial charge in [-0.3, -0.25) is 14.4 Å². The number of aromatic nitrogens is 5. The van der Waals surface area contributed by atoms with Crippen LogP contribution in [0.5, 0.6) is 0 Å². The molecule has 1 aromatic carbocycles. The highest BCUT2D eigenvalue weighted by molar-refractivity contribution is 6.31. The SMILES string of the molecule is CC(=O)OCc1c(F)c(C(=O)COC(=O)[C@@H]2CCC3CC(c4c(-n5cnnn5)ccc(Cl)c4F)=CC(=O)N32)cc[n+]1[O-]. The molecule has 0 bridgehead atoms. The Morgan fingerprint density at radius 3 is 2.67 bits per heavy atom. The molecule has 1 saturated heterocycles. The van der Waals surface area contributed by atoms with Gasteiger partial charge in [0.05, 0.1) is 16.3 Å². The van der Waals surface area contributed by atoms with Gasteiger partial charge in [0.1, 0.15) is 12.4 Å². The quantitative estimate of drug-likeness (QED) is 0.161. The Bertz CT molecular complexity index is 1630. The van der Waals surface area contributed by atoms with E-state index in [1.54, 1.807) is 0 Å². The minimum absolute atomic E-state index is 0.0526. The minimum Gasteiger partial charge on any atom is -0.618 e. The maximum absolute atomic E-state index is 15.2. The number of ether oxygens (including phenoxy) is 2. The van der Waals surface area contributed by atoms with Crippen molar-refractivity contribution in [3.63, 3.8) is 0 Å². The molecule has 16 heteroatoms. The molecule has 1 fully saturated rings. The minimum atomic E-state index is -1.21. The summed E-state index contributed by atoms with van der Waals surface area (Å²) in [5.41, 5.74) is -0.465. The standard InChI is InChI=1S/C26H21ClF2N6O7/c1-13(36)41-10-20-24(28)16(6-7-34(20)40)21(37)11-42-26(39)19-4-2-15-8-14(9-22(38)35(15)19)23-18(33-12-30-31-32-33)5-3-17(27)25(23)29/h3,5-7,9,12,15,19H,2,4,8,10-11H2,1H3/t15?,19-/m0/s1. The zero-order valence-electron chi connectivity index (χ0n) is 21.8. The van der Waals surface area contributed by atoms with Gasteiger partial charge in [-0.15, -0.1) is 5.10 Å². The summed E-state index contributed by atoms with van der Waals surface area (Å²) in [5, 5.41) is 22.6. The Morgan fingerprint density at radius 1 is 1.17 bits per heavy atom. The molecule has 3 aromatic rings. The van der Waals surface area contributed by atoms with Crippen LogP contribution in [0.25, 0.3) is 11.3 Å². The van der Waals surface area contributed by atoms with Gasteiger partial charge in [0.2, 0.25) is 17.5 Å². The van der Waals surface area contributed by atoms with Gasteiger partial charge in [-0.2, -0.15) is 13.8 Å². The predicted octanol–water partition coefficient (Wildman–Crippen LogP) is 1.86. The lowest BCUT2D eigenvalue weighted by molar-refractivity contribution is -0.618. The van der Waals surface area contributed by atoms with E-state index in [1.165, 1.54) is 34.1 Å². The normalized spacial score (nSPS) is 18.0. The molecule has 0 spiro atoms. The van der Waals surface area contributed by atoms with Gasteiger partial charge in [-0.25, -0.2) is 9.18 Å². The van der Waals surface area contributed by atoms with Crippen molar-refractivity contribution >= 4 is 40.8 Å². The average Bonchev–Trinajstić information content (AvgIpc) is 3.63. The summed E-state index contributed by atoms with van der Waals surface area (Å²) in [6, 6.07) is 2.28. The molecule has 0 N–H and O–H groups in total. The number of fused-ring (bicyclic) bond motifs is 1. The summed E-state index contributed by atoms with van der Waals surface area (Å²) in [6.45, 7) is -0.487. The molecule has 1 unspecified atom stereocenters. The van der Waals surface area contributed by atoms with Gasteiger partial charge in [0, 0.05) is 30.7 Å². The summed E-state index contributed by atoms with van der Waals surface area (Å²) in [6.07, 6.45) is 4.13. The first-order chi connectivity index (χ1) is 20.1. The van der Waals surface area contributed by atoms with Crippen LogP contribution in [0, 0.1) is 16.8 Å². The lowest BCUT2D eigenvalue weighted by Crippen LogP contribution is -2.47. The molecule has 0 radical (unpaired) electrons. The van der Waals surface area contributed by atoms with Gasteiger partial charge in [0.25, 0.3) is 5.69 Å². The van der Waals surface area contributed by atoms with Crippen molar-refractivity contribution in [3.05, 3.63) is 75.5 Å². The Morgan fingerprint density at radius 2 is 1.95 bits per heavy atom. The zero-order chi connectivity index (χ0) is 30.1. The van der Waals surface area contributed by atoms with Crippen molar-refractivity contribution in [2.24, 2.45) is 0 Å². The van der Waals surface area contributed by atoms with E-state index < -0.39 is 71.8 Å².